The minimum absolute atomic E-state index is 0.0852. The number of ether oxygens (including phenoxy) is 2. The van der Waals surface area contributed by atoms with Crippen LogP contribution in [0.1, 0.15) is 49.8 Å². The van der Waals surface area contributed by atoms with Crippen LogP contribution in [0.15, 0.2) is 6.07 Å². The molecule has 0 aliphatic carbocycles. The molecular weight excluding hydrogens is 467 g/mol. The average molecular weight is 494 g/mol. The summed E-state index contributed by atoms with van der Waals surface area (Å²) >= 11 is 0. The molecule has 1 fully saturated rings. The fraction of sp³-hybridized carbons (Fsp3) is 0.600. The van der Waals surface area contributed by atoms with Crippen molar-refractivity contribution in [3.05, 3.63) is 17.3 Å². The number of halogens is 3. The Balaban J connectivity index is 2.42. The highest BCUT2D eigenvalue weighted by Gasteiger charge is 2.50. The Labute approximate surface area is 189 Å². The van der Waals surface area contributed by atoms with Gasteiger partial charge in [0.05, 0.1) is 25.5 Å². The molecule has 33 heavy (non-hydrogen) atoms. The van der Waals surface area contributed by atoms with Crippen molar-refractivity contribution >= 4 is 32.8 Å². The van der Waals surface area contributed by atoms with Crippen molar-refractivity contribution < 1.29 is 40.0 Å². The molecule has 0 radical (unpaired) electrons. The van der Waals surface area contributed by atoms with Crippen LogP contribution in [0, 0.1) is 0 Å². The molecule has 0 aromatic carbocycles. The van der Waals surface area contributed by atoms with Crippen molar-refractivity contribution in [3.63, 3.8) is 0 Å². The van der Waals surface area contributed by atoms with Crippen molar-refractivity contribution in [1.29, 1.82) is 0 Å². The van der Waals surface area contributed by atoms with E-state index in [4.69, 9.17) is 9.47 Å². The van der Waals surface area contributed by atoms with Crippen LogP contribution in [-0.4, -0.2) is 62.4 Å². The average Bonchev–Trinajstić information content (AvgIpc) is 3.10. The molecule has 1 aliphatic heterocycles. The lowest BCUT2D eigenvalue weighted by Gasteiger charge is -2.31. The maximum atomic E-state index is 13.1. The van der Waals surface area contributed by atoms with E-state index in [1.165, 1.54) is 6.92 Å². The Morgan fingerprint density at radius 1 is 1.24 bits per heavy atom. The van der Waals surface area contributed by atoms with E-state index in [1.807, 2.05) is 20.8 Å². The second-order valence-electron chi connectivity index (χ2n) is 7.63. The van der Waals surface area contributed by atoms with Gasteiger partial charge in [-0.1, -0.05) is 6.92 Å². The Morgan fingerprint density at radius 3 is 2.39 bits per heavy atom. The fourth-order valence-electron chi connectivity index (χ4n) is 3.81. The molecule has 0 atom stereocenters. The zero-order chi connectivity index (χ0) is 24.6. The number of nitrogens with zero attached hydrogens (tertiary/aromatic N) is 3. The van der Waals surface area contributed by atoms with E-state index in [0.717, 1.165) is 5.69 Å². The number of anilines is 1. The Bertz CT molecular complexity index is 1140. The molecule has 1 aliphatic rings. The number of aromatic nitrogens is 2. The molecule has 0 saturated carbocycles. The van der Waals surface area contributed by atoms with Gasteiger partial charge in [-0.3, -0.25) is 0 Å². The second-order valence-corrected chi connectivity index (χ2v) is 9.17. The van der Waals surface area contributed by atoms with Crippen LogP contribution in [0.2, 0.25) is 0 Å². The standard InChI is InChI=1S/C20H26F3N3O6S/c1-5-13-11-14-16(25-7-9-30-10-8-25)15(19(27)31-6-2)18(24-17(14)26(13)12(3)4)32-33(28,29)20(21,22)23/h11-12H,5-10H2,1-4H3. The van der Waals surface area contributed by atoms with Crippen LogP contribution < -0.4 is 9.08 Å². The molecule has 0 bridgehead atoms. The molecule has 3 heterocycles. The predicted octanol–water partition coefficient (Wildman–Crippen LogP) is 3.42. The summed E-state index contributed by atoms with van der Waals surface area (Å²) in [7, 11) is -6.09. The van der Waals surface area contributed by atoms with Crippen LogP contribution in [0.25, 0.3) is 11.0 Å². The number of carbonyl (C=O) groups excluding carboxylic acids is 1. The first-order valence-corrected chi connectivity index (χ1v) is 11.9. The van der Waals surface area contributed by atoms with E-state index >= 15 is 0 Å². The summed E-state index contributed by atoms with van der Waals surface area (Å²) in [5.41, 5.74) is -4.94. The highest BCUT2D eigenvalue weighted by Crippen LogP contribution is 2.40. The van der Waals surface area contributed by atoms with Gasteiger partial charge in [0.15, 0.2) is 0 Å². The molecular formula is C20H26F3N3O6S. The molecule has 184 valence electrons. The van der Waals surface area contributed by atoms with Gasteiger partial charge in [0.25, 0.3) is 5.88 Å². The normalized spacial score (nSPS) is 15.3. The lowest BCUT2D eigenvalue weighted by atomic mass is 10.1. The third kappa shape index (κ3) is 4.74. The Kier molecular flexibility index (Phi) is 7.13. The number of rotatable bonds is 7. The number of aryl methyl sites for hydroxylation is 1. The van der Waals surface area contributed by atoms with Gasteiger partial charge >= 0.3 is 21.6 Å². The minimum atomic E-state index is -6.09. The van der Waals surface area contributed by atoms with E-state index in [0.29, 0.717) is 38.1 Å². The topological polar surface area (TPSA) is 100.0 Å². The van der Waals surface area contributed by atoms with Gasteiger partial charge in [-0.25, -0.2) is 4.79 Å². The molecule has 13 heteroatoms. The highest BCUT2D eigenvalue weighted by atomic mass is 32.2. The number of pyridine rings is 1. The third-order valence-corrected chi connectivity index (χ3v) is 6.10. The summed E-state index contributed by atoms with van der Waals surface area (Å²) in [6.07, 6.45) is 0.572. The highest BCUT2D eigenvalue weighted by molar-refractivity contribution is 7.88. The predicted molar refractivity (Wildman–Crippen MR) is 114 cm³/mol. The first kappa shape index (κ1) is 25.1. The lowest BCUT2D eigenvalue weighted by Crippen LogP contribution is -2.38. The lowest BCUT2D eigenvalue weighted by molar-refractivity contribution is -0.0501. The number of carbonyl (C=O) groups is 1. The van der Waals surface area contributed by atoms with Gasteiger partial charge in [-0.2, -0.15) is 26.6 Å². The smallest absolute Gasteiger partial charge is 0.462 e. The summed E-state index contributed by atoms with van der Waals surface area (Å²) in [6, 6.07) is 1.65. The molecule has 0 unspecified atom stereocenters. The minimum Gasteiger partial charge on any atom is -0.462 e. The Hall–Kier alpha value is -2.54. The molecule has 0 N–H and O–H groups in total. The van der Waals surface area contributed by atoms with Gasteiger partial charge in [0, 0.05) is 30.2 Å². The molecule has 0 amide bonds. The molecule has 0 spiro atoms. The van der Waals surface area contributed by atoms with Crippen LogP contribution in [0.5, 0.6) is 5.88 Å². The van der Waals surface area contributed by atoms with Crippen LogP contribution in [-0.2, 0) is 26.0 Å². The van der Waals surface area contributed by atoms with E-state index < -0.39 is 33.0 Å². The Morgan fingerprint density at radius 2 is 1.88 bits per heavy atom. The zero-order valence-corrected chi connectivity index (χ0v) is 19.5. The number of alkyl halides is 3. The van der Waals surface area contributed by atoms with Crippen molar-refractivity contribution in [2.45, 2.75) is 45.7 Å². The SMILES string of the molecule is CCOC(=O)c1c(OS(=O)(=O)C(F)(F)F)nc2c(cc(CC)n2C(C)C)c1N1CCOCC1. The van der Waals surface area contributed by atoms with Crippen LogP contribution in [0.3, 0.4) is 0 Å². The number of hydrogen-bond donors (Lipinski definition) is 0. The summed E-state index contributed by atoms with van der Waals surface area (Å²) in [5.74, 6) is -2.00. The molecule has 2 aromatic heterocycles. The summed E-state index contributed by atoms with van der Waals surface area (Å²) in [5, 5.41) is 0.488. The second kappa shape index (κ2) is 9.37. The van der Waals surface area contributed by atoms with Gasteiger partial charge in [0.1, 0.15) is 11.2 Å². The van der Waals surface area contributed by atoms with E-state index in [2.05, 4.69) is 9.17 Å². The van der Waals surface area contributed by atoms with Crippen molar-refractivity contribution in [1.82, 2.24) is 9.55 Å². The van der Waals surface area contributed by atoms with Gasteiger partial charge in [0.2, 0.25) is 0 Å². The van der Waals surface area contributed by atoms with Crippen molar-refractivity contribution in [2.75, 3.05) is 37.8 Å². The largest absolute Gasteiger partial charge is 0.534 e. The first-order chi connectivity index (χ1) is 15.4. The van der Waals surface area contributed by atoms with E-state index in [9.17, 15) is 26.4 Å². The molecule has 2 aromatic rings. The third-order valence-electron chi connectivity index (χ3n) is 5.16. The van der Waals surface area contributed by atoms with Crippen LogP contribution >= 0.6 is 0 Å². The number of fused-ring (bicyclic) bond motifs is 1. The van der Waals surface area contributed by atoms with Gasteiger partial charge in [-0.15, -0.1) is 0 Å². The maximum Gasteiger partial charge on any atom is 0.534 e. The molecule has 9 nitrogen and oxygen atoms in total. The summed E-state index contributed by atoms with van der Waals surface area (Å²) in [4.78, 5) is 18.8. The van der Waals surface area contributed by atoms with Gasteiger partial charge < -0.3 is 23.1 Å². The summed E-state index contributed by atoms with van der Waals surface area (Å²) in [6.45, 7) is 8.34. The quantitative estimate of drug-likeness (QED) is 0.329. The number of esters is 1. The zero-order valence-electron chi connectivity index (χ0n) is 18.7. The van der Waals surface area contributed by atoms with Crippen molar-refractivity contribution in [2.24, 2.45) is 0 Å². The van der Waals surface area contributed by atoms with E-state index in [-0.39, 0.29) is 24.0 Å². The van der Waals surface area contributed by atoms with Gasteiger partial charge in [-0.05, 0) is 33.3 Å². The summed E-state index contributed by atoms with van der Waals surface area (Å²) < 4.78 is 79.9. The number of hydrogen-bond acceptors (Lipinski definition) is 8. The maximum absolute atomic E-state index is 13.1. The monoisotopic (exact) mass is 493 g/mol. The van der Waals surface area contributed by atoms with Crippen LogP contribution in [0.4, 0.5) is 18.9 Å². The van der Waals surface area contributed by atoms with E-state index in [1.54, 1.807) is 15.5 Å². The number of morpholine rings is 1. The molecule has 1 saturated heterocycles. The van der Waals surface area contributed by atoms with Crippen molar-refractivity contribution in [3.8, 4) is 5.88 Å². The first-order valence-electron chi connectivity index (χ1n) is 10.5. The molecule has 3 rings (SSSR count). The fourth-order valence-corrected chi connectivity index (χ4v) is 4.23.